The first-order valence-corrected chi connectivity index (χ1v) is 20.3. The van der Waals surface area contributed by atoms with Crippen molar-refractivity contribution in [2.75, 3.05) is 40.5 Å². The molecule has 6 heterocycles. The van der Waals surface area contributed by atoms with Gasteiger partial charge in [-0.15, -0.1) is 0 Å². The van der Waals surface area contributed by atoms with Crippen molar-refractivity contribution in [3.05, 3.63) is 63.7 Å². The number of pyridine rings is 1. The highest BCUT2D eigenvalue weighted by Crippen LogP contribution is 2.46. The van der Waals surface area contributed by atoms with Crippen molar-refractivity contribution in [3.8, 4) is 5.75 Å². The molecule has 0 spiro atoms. The van der Waals surface area contributed by atoms with Gasteiger partial charge in [-0.25, -0.2) is 13.8 Å². The van der Waals surface area contributed by atoms with Gasteiger partial charge < -0.3 is 30.2 Å². The minimum atomic E-state index is -3.13. The molecule has 17 heteroatoms. The van der Waals surface area contributed by atoms with Gasteiger partial charge in [0, 0.05) is 61.8 Å². The van der Waals surface area contributed by atoms with Crippen molar-refractivity contribution in [1.29, 1.82) is 0 Å². The number of hydrogen-bond donors (Lipinski definition) is 4. The fourth-order valence-corrected chi connectivity index (χ4v) is 9.71. The molecule has 14 nitrogen and oxygen atoms in total. The summed E-state index contributed by atoms with van der Waals surface area (Å²) in [5.41, 5.74) is 3.60. The predicted octanol–water partition coefficient (Wildman–Crippen LogP) is 6.07. The fourth-order valence-electron chi connectivity index (χ4n) is 9.57. The predicted molar refractivity (Wildman–Crippen MR) is 216 cm³/mol. The van der Waals surface area contributed by atoms with Gasteiger partial charge in [0.25, 0.3) is 5.56 Å². The van der Waals surface area contributed by atoms with Crippen LogP contribution in [0.15, 0.2) is 47.4 Å². The van der Waals surface area contributed by atoms with E-state index in [0.717, 1.165) is 48.9 Å². The van der Waals surface area contributed by atoms with Crippen molar-refractivity contribution >= 4 is 74.0 Å². The maximum absolute atomic E-state index is 15.2. The van der Waals surface area contributed by atoms with E-state index >= 15 is 8.78 Å². The Kier molecular flexibility index (Phi) is 8.76. The van der Waals surface area contributed by atoms with Gasteiger partial charge in [0.2, 0.25) is 23.5 Å². The third-order valence-electron chi connectivity index (χ3n) is 12.8. The molecule has 4 fully saturated rings. The number of halogens is 3. The molecule has 3 aromatic heterocycles. The Morgan fingerprint density at radius 2 is 1.72 bits per heavy atom. The smallest absolute Gasteiger partial charge is 0.301 e. The van der Waals surface area contributed by atoms with E-state index in [4.69, 9.17) is 21.3 Å². The Bertz CT molecular complexity index is 2580. The monoisotopic (exact) mass is 812 g/mol. The zero-order chi connectivity index (χ0) is 40.0. The quantitative estimate of drug-likeness (QED) is 0.141. The maximum Gasteiger partial charge on any atom is 0.301 e. The van der Waals surface area contributed by atoms with E-state index in [9.17, 15) is 14.4 Å². The second-order valence-corrected chi connectivity index (χ2v) is 17.0. The van der Waals surface area contributed by atoms with E-state index in [-0.39, 0.29) is 35.2 Å². The number of ether oxygens (including phenoxy) is 1. The number of imide groups is 1. The van der Waals surface area contributed by atoms with Gasteiger partial charge in [0.1, 0.15) is 5.02 Å². The number of aromatic nitrogens is 5. The van der Waals surface area contributed by atoms with Crippen LogP contribution >= 0.6 is 11.6 Å². The van der Waals surface area contributed by atoms with Crippen LogP contribution in [0.3, 0.4) is 0 Å². The molecule has 0 radical (unpaired) electrons. The van der Waals surface area contributed by atoms with Crippen LogP contribution in [0.5, 0.6) is 5.75 Å². The molecule has 5 aromatic rings. The van der Waals surface area contributed by atoms with E-state index in [2.05, 4.69) is 42.3 Å². The Hall–Kier alpha value is -5.51. The molecule has 4 unspecified atom stereocenters. The van der Waals surface area contributed by atoms with E-state index < -0.39 is 30.0 Å². The van der Waals surface area contributed by atoms with Crippen LogP contribution in [0.25, 0.3) is 21.8 Å². The van der Waals surface area contributed by atoms with Gasteiger partial charge in [-0.3, -0.25) is 24.4 Å². The molecule has 2 saturated carbocycles. The summed E-state index contributed by atoms with van der Waals surface area (Å²) in [7, 11) is 3.48. The molecule has 0 bridgehead atoms. The average molecular weight is 813 g/mol. The molecule has 5 aliphatic rings. The van der Waals surface area contributed by atoms with Crippen LogP contribution in [0, 0.1) is 17.8 Å². The van der Waals surface area contributed by atoms with E-state index in [1.54, 1.807) is 36.1 Å². The molecular formula is C41H43ClF2N10O4. The Morgan fingerprint density at radius 3 is 2.53 bits per heavy atom. The topological polar surface area (TPSA) is 160 Å². The normalized spacial score (nSPS) is 25.4. The van der Waals surface area contributed by atoms with Crippen molar-refractivity contribution in [1.82, 2.24) is 29.6 Å². The zero-order valence-electron chi connectivity index (χ0n) is 32.0. The van der Waals surface area contributed by atoms with Gasteiger partial charge in [0.05, 0.1) is 40.6 Å². The summed E-state index contributed by atoms with van der Waals surface area (Å²) in [5, 5.41) is 19.1. The number of nitrogens with zero attached hydrogens (tertiary/aromatic N) is 6. The van der Waals surface area contributed by atoms with Crippen LogP contribution < -0.4 is 36.5 Å². The lowest BCUT2D eigenvalue weighted by Gasteiger charge is -2.32. The number of nitrogens with one attached hydrogen (secondary N) is 4. The molecule has 2 amide bonds. The summed E-state index contributed by atoms with van der Waals surface area (Å²) in [6.45, 7) is 0.770. The lowest BCUT2D eigenvalue weighted by Crippen LogP contribution is -2.44. The SMILES string of the molecule is Cn1nc(C2CCC(=O)NC2=O)c2ccc(NC3CCC4CN(c5ncc(Cl)c(Nc6ccc7c(c6)c6c(c(=O)n7C)OCC(F)(F)[C@H](C7CC7)N6)n5)CC4C3)cc21. The highest BCUT2D eigenvalue weighted by Gasteiger charge is 2.51. The number of benzene rings is 2. The third kappa shape index (κ3) is 6.45. The molecule has 5 atom stereocenters. The van der Waals surface area contributed by atoms with Gasteiger partial charge in [-0.2, -0.15) is 10.1 Å². The lowest BCUT2D eigenvalue weighted by atomic mass is 9.79. The standard InChI is InChI=1S/C41H43ClF2N10O4/c1-52-30-11-8-24(14-28(30)34-35(39(52)57)58-19-41(43,44)36(49-34)20-3-4-20)47-37-29(42)16-45-40(50-37)54-17-21-5-6-23(13-22(21)18-54)46-25-7-9-26-31(15-25)53(2)51-33(26)27-10-12-32(55)48-38(27)56/h7-9,11,14-16,20-23,27,36,46,49H,3-6,10,12-13,17-19H2,1-2H3,(H,45,47,50)(H,48,55,56)/t21?,22?,23?,27?,36-/m0/s1. The lowest BCUT2D eigenvalue weighted by molar-refractivity contribution is -0.134. The highest BCUT2D eigenvalue weighted by molar-refractivity contribution is 6.33. The molecule has 58 heavy (non-hydrogen) atoms. The first kappa shape index (κ1) is 36.8. The molecule has 10 rings (SSSR count). The number of piperidine rings is 1. The van der Waals surface area contributed by atoms with Gasteiger partial charge >= 0.3 is 5.92 Å². The highest BCUT2D eigenvalue weighted by atomic mass is 35.5. The van der Waals surface area contributed by atoms with Crippen molar-refractivity contribution in [3.63, 3.8) is 0 Å². The molecule has 302 valence electrons. The summed E-state index contributed by atoms with van der Waals surface area (Å²) in [5.74, 6) is -2.50. The van der Waals surface area contributed by atoms with Crippen LogP contribution in [0.2, 0.25) is 5.02 Å². The minimum absolute atomic E-state index is 0.111. The van der Waals surface area contributed by atoms with Crippen molar-refractivity contribution in [2.45, 2.75) is 68.9 Å². The Balaban J connectivity index is 0.841. The Morgan fingerprint density at radius 1 is 0.931 bits per heavy atom. The summed E-state index contributed by atoms with van der Waals surface area (Å²) in [6.07, 6.45) is 6.81. The molecule has 4 N–H and O–H groups in total. The molecule has 2 saturated heterocycles. The van der Waals surface area contributed by atoms with Crippen molar-refractivity contribution in [2.24, 2.45) is 31.8 Å². The van der Waals surface area contributed by atoms with Crippen LogP contribution in [-0.4, -0.2) is 73.8 Å². The summed E-state index contributed by atoms with van der Waals surface area (Å²) in [4.78, 5) is 49.3. The van der Waals surface area contributed by atoms with Gasteiger partial charge in [-0.05, 0) is 92.7 Å². The summed E-state index contributed by atoms with van der Waals surface area (Å²) in [6, 6.07) is 10.7. The molecular weight excluding hydrogens is 770 g/mol. The molecule has 3 aliphatic heterocycles. The molecule has 2 aromatic carbocycles. The van der Waals surface area contributed by atoms with Crippen LogP contribution in [-0.2, 0) is 23.7 Å². The number of alkyl halides is 2. The zero-order valence-corrected chi connectivity index (χ0v) is 32.8. The average Bonchev–Trinajstić information content (AvgIpc) is 3.89. The number of fused-ring (bicyclic) bond motifs is 5. The van der Waals surface area contributed by atoms with Crippen LogP contribution in [0.1, 0.15) is 56.6 Å². The number of anilines is 5. The number of aryl methyl sites for hydroxylation is 2. The number of carbonyl (C=O) groups is 2. The number of rotatable bonds is 7. The summed E-state index contributed by atoms with van der Waals surface area (Å²) < 4.78 is 39.1. The molecule has 2 aliphatic carbocycles. The first-order valence-electron chi connectivity index (χ1n) is 20.0. The number of hydrogen-bond acceptors (Lipinski definition) is 11. The second-order valence-electron chi connectivity index (χ2n) is 16.6. The van der Waals surface area contributed by atoms with Crippen molar-refractivity contribution < 1.29 is 23.1 Å². The number of carbonyl (C=O) groups excluding carboxylic acids is 2. The number of amides is 2. The largest absolute Gasteiger partial charge is 0.480 e. The van der Waals surface area contributed by atoms with E-state index in [1.807, 2.05) is 19.2 Å². The van der Waals surface area contributed by atoms with Gasteiger partial charge in [0.15, 0.2) is 12.4 Å². The third-order valence-corrected chi connectivity index (χ3v) is 13.0. The van der Waals surface area contributed by atoms with E-state index in [1.165, 1.54) is 4.57 Å². The van der Waals surface area contributed by atoms with E-state index in [0.29, 0.717) is 76.6 Å². The van der Waals surface area contributed by atoms with Crippen LogP contribution in [0.4, 0.5) is 37.6 Å². The Labute approximate surface area is 336 Å². The maximum atomic E-state index is 15.2. The second kappa shape index (κ2) is 13.8. The first-order chi connectivity index (χ1) is 27.9. The minimum Gasteiger partial charge on any atom is -0.480 e. The fraction of sp³-hybridized carbons (Fsp3) is 0.463. The van der Waals surface area contributed by atoms with Gasteiger partial charge in [-0.1, -0.05) is 11.6 Å². The summed E-state index contributed by atoms with van der Waals surface area (Å²) >= 11 is 6.65.